The molecule has 0 saturated heterocycles. The molecule has 70 valence electrons. The molecule has 12 heavy (non-hydrogen) atoms. The predicted molar refractivity (Wildman–Crippen MR) is 51.5 cm³/mol. The first-order chi connectivity index (χ1) is 5.76. The Bertz CT molecular complexity index is 165. The smallest absolute Gasteiger partial charge is 0.180 e. The lowest BCUT2D eigenvalue weighted by atomic mass is 10.2. The molecule has 4 N–H and O–H groups in total. The minimum Gasteiger partial charge on any atom is -0.381 e. The Hall–Kier alpha value is -0.390. The molecule has 0 aromatic carbocycles. The maximum atomic E-state index is 5.22. The van der Waals surface area contributed by atoms with Crippen molar-refractivity contribution in [2.45, 2.75) is 31.4 Å². The van der Waals surface area contributed by atoms with Gasteiger partial charge in [-0.05, 0) is 31.5 Å². The predicted octanol–water partition coefficient (Wildman–Crippen LogP) is -0.108. The molecule has 0 aromatic rings. The van der Waals surface area contributed by atoms with E-state index in [0.29, 0.717) is 17.3 Å². The van der Waals surface area contributed by atoms with E-state index in [1.165, 1.54) is 0 Å². The molecule has 1 saturated carbocycles. The van der Waals surface area contributed by atoms with Crippen molar-refractivity contribution in [3.05, 3.63) is 0 Å². The molecule has 0 bridgehead atoms. The van der Waals surface area contributed by atoms with Crippen molar-refractivity contribution in [3.8, 4) is 0 Å². The molecule has 0 aliphatic heterocycles. The highest BCUT2D eigenvalue weighted by Gasteiger charge is 2.24. The number of hydrazine groups is 1. The number of ether oxygens (including phenoxy) is 1. The molecule has 1 rings (SSSR count). The maximum Gasteiger partial charge on any atom is 0.180 e. The summed E-state index contributed by atoms with van der Waals surface area (Å²) >= 11 is 4.88. The van der Waals surface area contributed by atoms with Crippen molar-refractivity contribution in [1.29, 1.82) is 0 Å². The van der Waals surface area contributed by atoms with Crippen LogP contribution in [0.25, 0.3) is 0 Å². The minimum atomic E-state index is 0.378. The van der Waals surface area contributed by atoms with Crippen LogP contribution in [0.4, 0.5) is 0 Å². The van der Waals surface area contributed by atoms with E-state index >= 15 is 0 Å². The van der Waals surface area contributed by atoms with Gasteiger partial charge >= 0.3 is 0 Å². The molecule has 0 amide bonds. The summed E-state index contributed by atoms with van der Waals surface area (Å²) in [7, 11) is 1.74. The average molecular weight is 189 g/mol. The Morgan fingerprint density at radius 1 is 1.58 bits per heavy atom. The second-order valence-electron chi connectivity index (χ2n) is 2.99. The van der Waals surface area contributed by atoms with Gasteiger partial charge in [0.1, 0.15) is 0 Å². The summed E-state index contributed by atoms with van der Waals surface area (Å²) in [5.41, 5.74) is 2.40. The Morgan fingerprint density at radius 3 is 2.83 bits per heavy atom. The molecule has 1 aliphatic rings. The first-order valence-corrected chi connectivity index (χ1v) is 4.47. The van der Waals surface area contributed by atoms with Crippen LogP contribution in [0.3, 0.4) is 0 Å². The van der Waals surface area contributed by atoms with E-state index in [0.717, 1.165) is 19.3 Å². The van der Waals surface area contributed by atoms with Crippen molar-refractivity contribution in [1.82, 2.24) is 10.7 Å². The zero-order valence-electron chi connectivity index (χ0n) is 7.17. The normalized spacial score (nSPS) is 28.5. The van der Waals surface area contributed by atoms with Gasteiger partial charge in [-0.25, -0.2) is 5.84 Å². The summed E-state index contributed by atoms with van der Waals surface area (Å²) in [4.78, 5) is 0. The summed E-state index contributed by atoms with van der Waals surface area (Å²) in [6.07, 6.45) is 3.59. The summed E-state index contributed by atoms with van der Waals surface area (Å²) in [6.45, 7) is 0. The largest absolute Gasteiger partial charge is 0.381 e. The monoisotopic (exact) mass is 189 g/mol. The number of hydrogen-bond acceptors (Lipinski definition) is 3. The van der Waals surface area contributed by atoms with Gasteiger partial charge in [0.25, 0.3) is 0 Å². The molecule has 2 atom stereocenters. The topological polar surface area (TPSA) is 59.3 Å². The number of nitrogens with two attached hydrogens (primary N) is 1. The number of methoxy groups -OCH3 is 1. The first kappa shape index (κ1) is 9.70. The van der Waals surface area contributed by atoms with Gasteiger partial charge in [-0.3, -0.25) is 0 Å². The zero-order chi connectivity index (χ0) is 8.97. The van der Waals surface area contributed by atoms with Gasteiger partial charge in [0.15, 0.2) is 5.11 Å². The highest BCUT2D eigenvalue weighted by Crippen LogP contribution is 2.20. The highest BCUT2D eigenvalue weighted by atomic mass is 32.1. The lowest BCUT2D eigenvalue weighted by molar-refractivity contribution is 0.107. The summed E-state index contributed by atoms with van der Waals surface area (Å²) < 4.78 is 5.22. The Balaban J connectivity index is 2.23. The molecule has 0 heterocycles. The van der Waals surface area contributed by atoms with Crippen LogP contribution in [-0.2, 0) is 4.74 Å². The fourth-order valence-corrected chi connectivity index (χ4v) is 1.68. The van der Waals surface area contributed by atoms with Gasteiger partial charge in [0.2, 0.25) is 0 Å². The molecule has 5 heteroatoms. The zero-order valence-corrected chi connectivity index (χ0v) is 7.99. The van der Waals surface area contributed by atoms with E-state index in [9.17, 15) is 0 Å². The number of thiocarbonyl (C=S) groups is 1. The lowest BCUT2D eigenvalue weighted by Gasteiger charge is -2.13. The van der Waals surface area contributed by atoms with Crippen molar-refractivity contribution in [2.75, 3.05) is 7.11 Å². The van der Waals surface area contributed by atoms with Crippen LogP contribution in [0, 0.1) is 0 Å². The van der Waals surface area contributed by atoms with E-state index in [1.807, 2.05) is 0 Å². The van der Waals surface area contributed by atoms with Gasteiger partial charge in [0.05, 0.1) is 6.10 Å². The van der Waals surface area contributed by atoms with Gasteiger partial charge < -0.3 is 15.5 Å². The highest BCUT2D eigenvalue weighted by molar-refractivity contribution is 7.80. The van der Waals surface area contributed by atoms with Gasteiger partial charge in [-0.2, -0.15) is 0 Å². The molecule has 4 nitrogen and oxygen atoms in total. The van der Waals surface area contributed by atoms with E-state index in [2.05, 4.69) is 10.7 Å². The molecule has 0 aromatic heterocycles. The summed E-state index contributed by atoms with van der Waals surface area (Å²) in [6, 6.07) is 0.415. The third kappa shape index (κ3) is 2.58. The van der Waals surface area contributed by atoms with E-state index < -0.39 is 0 Å². The quantitative estimate of drug-likeness (QED) is 0.321. The van der Waals surface area contributed by atoms with E-state index in [4.69, 9.17) is 22.8 Å². The number of hydrogen-bond donors (Lipinski definition) is 3. The van der Waals surface area contributed by atoms with Crippen LogP contribution in [-0.4, -0.2) is 24.4 Å². The van der Waals surface area contributed by atoms with E-state index in [-0.39, 0.29) is 0 Å². The third-order valence-corrected chi connectivity index (χ3v) is 2.42. The fourth-order valence-electron chi connectivity index (χ4n) is 1.51. The van der Waals surface area contributed by atoms with Crippen LogP contribution in [0.15, 0.2) is 0 Å². The molecule has 1 aliphatic carbocycles. The average Bonchev–Trinajstić information content (AvgIpc) is 2.52. The van der Waals surface area contributed by atoms with Gasteiger partial charge in [-0.15, -0.1) is 0 Å². The maximum absolute atomic E-state index is 5.22. The van der Waals surface area contributed by atoms with Gasteiger partial charge in [0, 0.05) is 13.2 Å². The third-order valence-electron chi connectivity index (χ3n) is 2.18. The second kappa shape index (κ2) is 4.59. The standard InChI is InChI=1S/C7H15N3OS/c1-11-6-3-2-5(4-6)9-7(12)10-8/h5-6H,2-4,8H2,1H3,(H2,9,10,12). The Kier molecular flexibility index (Phi) is 3.71. The molecular formula is C7H15N3OS. The van der Waals surface area contributed by atoms with Crippen LogP contribution in [0.5, 0.6) is 0 Å². The molecular weight excluding hydrogens is 174 g/mol. The molecule has 2 unspecified atom stereocenters. The molecule has 1 fully saturated rings. The van der Waals surface area contributed by atoms with Gasteiger partial charge in [-0.1, -0.05) is 0 Å². The van der Waals surface area contributed by atoms with Crippen LogP contribution in [0.2, 0.25) is 0 Å². The van der Waals surface area contributed by atoms with Crippen molar-refractivity contribution in [2.24, 2.45) is 5.84 Å². The Morgan fingerprint density at radius 2 is 2.33 bits per heavy atom. The summed E-state index contributed by atoms with van der Waals surface area (Å²) in [5.74, 6) is 5.13. The van der Waals surface area contributed by atoms with Crippen LogP contribution in [0.1, 0.15) is 19.3 Å². The van der Waals surface area contributed by atoms with Crippen molar-refractivity contribution >= 4 is 17.3 Å². The fraction of sp³-hybridized carbons (Fsp3) is 0.857. The first-order valence-electron chi connectivity index (χ1n) is 4.06. The van der Waals surface area contributed by atoms with Crippen molar-refractivity contribution < 1.29 is 4.74 Å². The second-order valence-corrected chi connectivity index (χ2v) is 3.39. The van der Waals surface area contributed by atoms with Crippen LogP contribution < -0.4 is 16.6 Å². The van der Waals surface area contributed by atoms with E-state index in [1.54, 1.807) is 7.11 Å². The number of nitrogens with one attached hydrogen (secondary N) is 2. The minimum absolute atomic E-state index is 0.378. The number of rotatable bonds is 2. The molecule has 0 spiro atoms. The van der Waals surface area contributed by atoms with Crippen LogP contribution >= 0.6 is 12.2 Å². The summed E-state index contributed by atoms with van der Waals surface area (Å²) in [5, 5.41) is 3.62. The Labute approximate surface area is 77.8 Å². The van der Waals surface area contributed by atoms with Crippen molar-refractivity contribution in [3.63, 3.8) is 0 Å². The SMILES string of the molecule is COC1CCC(NC(=S)NN)C1. The molecule has 0 radical (unpaired) electrons. The lowest BCUT2D eigenvalue weighted by Crippen LogP contribution is -2.44.